The Morgan fingerprint density at radius 1 is 1.25 bits per heavy atom. The van der Waals surface area contributed by atoms with Gasteiger partial charge in [0.2, 0.25) is 0 Å². The van der Waals surface area contributed by atoms with Gasteiger partial charge in [-0.1, -0.05) is 45.8 Å². The van der Waals surface area contributed by atoms with E-state index in [1.54, 1.807) is 24.3 Å². The summed E-state index contributed by atoms with van der Waals surface area (Å²) in [5.74, 6) is -0.572. The SMILES string of the molecule is Cc1cccc(CN2C(=O)S/C(=C\c3cc(Br)ccc3OCC(N)=O)C2=O)c1. The molecule has 0 aliphatic carbocycles. The molecule has 1 aliphatic heterocycles. The molecule has 0 bridgehead atoms. The quantitative estimate of drug-likeness (QED) is 0.660. The summed E-state index contributed by atoms with van der Waals surface area (Å²) in [4.78, 5) is 37.6. The third-order valence-corrected chi connectivity index (χ3v) is 5.33. The number of amides is 3. The van der Waals surface area contributed by atoms with E-state index in [1.165, 1.54) is 4.90 Å². The standard InChI is InChI=1S/C20H17BrN2O4S/c1-12-3-2-4-13(7-12)10-23-19(25)17(28-20(23)26)9-14-8-15(21)5-6-16(14)27-11-18(22)24/h2-9H,10-11H2,1H3,(H2,22,24)/b17-9-. The fourth-order valence-electron chi connectivity index (χ4n) is 2.68. The molecule has 2 N–H and O–H groups in total. The monoisotopic (exact) mass is 460 g/mol. The fourth-order valence-corrected chi connectivity index (χ4v) is 3.89. The van der Waals surface area contributed by atoms with Crippen LogP contribution in [0.3, 0.4) is 0 Å². The van der Waals surface area contributed by atoms with Gasteiger partial charge in [0.05, 0.1) is 11.4 Å². The van der Waals surface area contributed by atoms with Crippen molar-refractivity contribution in [2.24, 2.45) is 5.73 Å². The van der Waals surface area contributed by atoms with E-state index in [9.17, 15) is 14.4 Å². The van der Waals surface area contributed by atoms with Crippen LogP contribution in [0.1, 0.15) is 16.7 Å². The van der Waals surface area contributed by atoms with Crippen LogP contribution in [-0.2, 0) is 16.1 Å². The molecule has 8 heteroatoms. The van der Waals surface area contributed by atoms with Gasteiger partial charge in [-0.2, -0.15) is 0 Å². The molecular weight excluding hydrogens is 444 g/mol. The molecule has 0 aromatic heterocycles. The average Bonchev–Trinajstić information content (AvgIpc) is 2.88. The molecule has 0 spiro atoms. The van der Waals surface area contributed by atoms with E-state index >= 15 is 0 Å². The van der Waals surface area contributed by atoms with E-state index in [2.05, 4.69) is 15.9 Å². The van der Waals surface area contributed by atoms with Crippen LogP contribution >= 0.6 is 27.7 Å². The van der Waals surface area contributed by atoms with Crippen molar-refractivity contribution in [2.75, 3.05) is 6.61 Å². The van der Waals surface area contributed by atoms with Crippen LogP contribution in [0.15, 0.2) is 51.8 Å². The van der Waals surface area contributed by atoms with Gasteiger partial charge >= 0.3 is 0 Å². The molecule has 0 radical (unpaired) electrons. The third kappa shape index (κ3) is 4.82. The molecule has 3 rings (SSSR count). The summed E-state index contributed by atoms with van der Waals surface area (Å²) in [5, 5.41) is -0.327. The van der Waals surface area contributed by atoms with Crippen LogP contribution in [0.2, 0.25) is 0 Å². The lowest BCUT2D eigenvalue weighted by atomic mass is 10.1. The minimum atomic E-state index is -0.604. The van der Waals surface area contributed by atoms with Crippen molar-refractivity contribution in [3.05, 3.63) is 68.5 Å². The summed E-state index contributed by atoms with van der Waals surface area (Å²) in [6.07, 6.45) is 1.59. The first-order valence-corrected chi connectivity index (χ1v) is 9.96. The number of aryl methyl sites for hydroxylation is 1. The summed E-state index contributed by atoms with van der Waals surface area (Å²) in [6.45, 7) is 1.89. The number of nitrogens with zero attached hydrogens (tertiary/aromatic N) is 1. The van der Waals surface area contributed by atoms with Gasteiger partial charge in [-0.3, -0.25) is 19.3 Å². The average molecular weight is 461 g/mol. The van der Waals surface area contributed by atoms with E-state index in [0.29, 0.717) is 16.2 Å². The maximum Gasteiger partial charge on any atom is 0.293 e. The van der Waals surface area contributed by atoms with Gasteiger partial charge in [-0.15, -0.1) is 0 Å². The minimum Gasteiger partial charge on any atom is -0.483 e. The summed E-state index contributed by atoms with van der Waals surface area (Å²) in [6, 6.07) is 12.8. The van der Waals surface area contributed by atoms with Gasteiger partial charge < -0.3 is 10.5 Å². The van der Waals surface area contributed by atoms with Gasteiger partial charge in [-0.05, 0) is 48.5 Å². The Balaban J connectivity index is 1.85. The Hall–Kier alpha value is -2.58. The van der Waals surface area contributed by atoms with Crippen LogP contribution in [0.5, 0.6) is 5.75 Å². The topological polar surface area (TPSA) is 89.7 Å². The Morgan fingerprint density at radius 3 is 2.75 bits per heavy atom. The third-order valence-electron chi connectivity index (χ3n) is 3.93. The number of nitrogens with two attached hydrogens (primary N) is 1. The number of carbonyl (C=O) groups is 3. The second kappa shape index (κ2) is 8.62. The molecule has 1 aliphatic rings. The van der Waals surface area contributed by atoms with Crippen LogP contribution in [0.4, 0.5) is 4.79 Å². The smallest absolute Gasteiger partial charge is 0.293 e. The zero-order valence-electron chi connectivity index (χ0n) is 15.0. The summed E-state index contributed by atoms with van der Waals surface area (Å²) in [7, 11) is 0. The van der Waals surface area contributed by atoms with Gasteiger partial charge in [0.15, 0.2) is 6.61 Å². The van der Waals surface area contributed by atoms with Crippen molar-refractivity contribution in [2.45, 2.75) is 13.5 Å². The number of rotatable bonds is 6. The second-order valence-corrected chi connectivity index (χ2v) is 8.10. The highest BCUT2D eigenvalue weighted by Crippen LogP contribution is 2.35. The van der Waals surface area contributed by atoms with Crippen molar-refractivity contribution < 1.29 is 19.1 Å². The van der Waals surface area contributed by atoms with E-state index in [1.807, 2.05) is 31.2 Å². The minimum absolute atomic E-state index is 0.215. The number of halogens is 1. The van der Waals surface area contributed by atoms with Crippen LogP contribution in [0, 0.1) is 6.92 Å². The molecule has 0 saturated carbocycles. The number of thioether (sulfide) groups is 1. The molecule has 28 heavy (non-hydrogen) atoms. The molecule has 1 heterocycles. The normalized spacial score (nSPS) is 15.4. The molecule has 1 saturated heterocycles. The highest BCUT2D eigenvalue weighted by atomic mass is 79.9. The van der Waals surface area contributed by atoms with Crippen LogP contribution < -0.4 is 10.5 Å². The lowest BCUT2D eigenvalue weighted by Crippen LogP contribution is -2.27. The number of carbonyl (C=O) groups excluding carboxylic acids is 3. The zero-order valence-corrected chi connectivity index (χ0v) is 17.4. The van der Waals surface area contributed by atoms with E-state index in [0.717, 1.165) is 27.4 Å². The summed E-state index contributed by atoms with van der Waals surface area (Å²) in [5.41, 5.74) is 7.64. The van der Waals surface area contributed by atoms with Crippen molar-refractivity contribution in [3.8, 4) is 5.75 Å². The van der Waals surface area contributed by atoms with E-state index in [-0.39, 0.29) is 24.3 Å². The lowest BCUT2D eigenvalue weighted by molar-refractivity contribution is -0.123. The Morgan fingerprint density at radius 2 is 2.04 bits per heavy atom. The molecule has 0 unspecified atom stereocenters. The molecule has 6 nitrogen and oxygen atoms in total. The maximum absolute atomic E-state index is 12.8. The maximum atomic E-state index is 12.8. The van der Waals surface area contributed by atoms with E-state index in [4.69, 9.17) is 10.5 Å². The number of hydrogen-bond donors (Lipinski definition) is 1. The number of benzene rings is 2. The molecule has 2 aromatic carbocycles. The highest BCUT2D eigenvalue weighted by molar-refractivity contribution is 9.10. The van der Waals surface area contributed by atoms with Crippen molar-refractivity contribution in [3.63, 3.8) is 0 Å². The fraction of sp³-hybridized carbons (Fsp3) is 0.150. The Kier molecular flexibility index (Phi) is 6.21. The first-order chi connectivity index (χ1) is 13.3. The largest absolute Gasteiger partial charge is 0.483 e. The number of hydrogen-bond acceptors (Lipinski definition) is 5. The van der Waals surface area contributed by atoms with Gasteiger partial charge in [0.1, 0.15) is 5.75 Å². The Bertz CT molecular complexity index is 990. The highest BCUT2D eigenvalue weighted by Gasteiger charge is 2.35. The van der Waals surface area contributed by atoms with E-state index < -0.39 is 5.91 Å². The molecule has 2 aromatic rings. The van der Waals surface area contributed by atoms with Gasteiger partial charge in [0.25, 0.3) is 17.1 Å². The van der Waals surface area contributed by atoms with Crippen molar-refractivity contribution in [1.29, 1.82) is 0 Å². The molecule has 0 atom stereocenters. The van der Waals surface area contributed by atoms with Gasteiger partial charge in [-0.25, -0.2) is 0 Å². The first-order valence-electron chi connectivity index (χ1n) is 8.35. The number of ether oxygens (including phenoxy) is 1. The molecule has 3 amide bonds. The predicted molar refractivity (Wildman–Crippen MR) is 112 cm³/mol. The number of primary amides is 1. The zero-order chi connectivity index (χ0) is 20.3. The Labute approximate surface area is 174 Å². The molecule has 1 fully saturated rings. The first kappa shape index (κ1) is 20.2. The molecule has 144 valence electrons. The summed E-state index contributed by atoms with van der Waals surface area (Å²) < 4.78 is 6.17. The number of imide groups is 1. The second-order valence-electron chi connectivity index (χ2n) is 6.19. The van der Waals surface area contributed by atoms with Crippen LogP contribution in [-0.4, -0.2) is 28.6 Å². The van der Waals surface area contributed by atoms with Crippen molar-refractivity contribution in [1.82, 2.24) is 4.90 Å². The summed E-state index contributed by atoms with van der Waals surface area (Å²) >= 11 is 4.25. The predicted octanol–water partition coefficient (Wildman–Crippen LogP) is 3.86. The van der Waals surface area contributed by atoms with Gasteiger partial charge in [0, 0.05) is 10.0 Å². The lowest BCUT2D eigenvalue weighted by Gasteiger charge is -2.13. The van der Waals surface area contributed by atoms with Crippen LogP contribution in [0.25, 0.3) is 6.08 Å². The molecular formula is C20H17BrN2O4S. The van der Waals surface area contributed by atoms with Crippen molar-refractivity contribution >= 4 is 50.8 Å².